The molecule has 2 atom stereocenters. The largest absolute Gasteiger partial charge is 0.214 e. The van der Waals surface area contributed by atoms with Gasteiger partial charge in [0.05, 0.1) is 0 Å². The minimum atomic E-state index is -0.886. The summed E-state index contributed by atoms with van der Waals surface area (Å²) in [7, 11) is 0. The summed E-state index contributed by atoms with van der Waals surface area (Å²) >= 11 is 0. The van der Waals surface area contributed by atoms with Crippen LogP contribution >= 0.6 is 0 Å². The molecule has 0 aromatic heterocycles. The smallest absolute Gasteiger partial charge is 0.181 e. The van der Waals surface area contributed by atoms with Gasteiger partial charge in [0.25, 0.3) is 0 Å². The maximum Gasteiger partial charge on any atom is 0.181 e. The van der Waals surface area contributed by atoms with E-state index in [1.807, 2.05) is 0 Å². The molecular weight excluding hydrogens is 536 g/mol. The van der Waals surface area contributed by atoms with Crippen LogP contribution in [-0.4, -0.2) is 0 Å². The molecule has 5 aliphatic rings. The molecule has 2 nitrogen and oxygen atoms in total. The summed E-state index contributed by atoms with van der Waals surface area (Å²) in [6.07, 6.45) is 0. The molecule has 2 unspecified atom stereocenters. The van der Waals surface area contributed by atoms with Crippen molar-refractivity contribution in [1.82, 2.24) is 0 Å². The zero-order valence-corrected chi connectivity index (χ0v) is 26.1. The normalized spacial score (nSPS) is 22.1. The Morgan fingerprint density at radius 2 is 0.727 bits per heavy atom. The Morgan fingerprint density at radius 3 is 1.09 bits per heavy atom. The van der Waals surface area contributed by atoms with E-state index in [-0.39, 0.29) is 0 Å². The fraction of sp³-hybridized carbons (Fsp3) is 0.190. The summed E-state index contributed by atoms with van der Waals surface area (Å²) < 4.78 is 0. The summed E-state index contributed by atoms with van der Waals surface area (Å²) in [5.41, 5.74) is 20.5. The van der Waals surface area contributed by atoms with Crippen molar-refractivity contribution in [3.05, 3.63) is 186 Å². The van der Waals surface area contributed by atoms with Gasteiger partial charge in [0, 0.05) is 33.4 Å². The van der Waals surface area contributed by atoms with Crippen molar-refractivity contribution in [1.29, 1.82) is 0 Å². The lowest BCUT2D eigenvalue weighted by atomic mass is 9.62. The SMILES string of the molecule is Cc1cc(C)c(C2=C3C4=C(c5c(C)cc(C)cc5C)c5ccccc5C45OOC3(c3ccccc32)c2ccccc25)c(C)c1. The molecule has 2 heterocycles. The highest BCUT2D eigenvalue weighted by Gasteiger charge is 2.69. The fourth-order valence-electron chi connectivity index (χ4n) is 9.22. The van der Waals surface area contributed by atoms with Crippen LogP contribution in [0.5, 0.6) is 0 Å². The van der Waals surface area contributed by atoms with Gasteiger partial charge in [0.2, 0.25) is 0 Å². The van der Waals surface area contributed by atoms with Crippen LogP contribution in [0.2, 0.25) is 0 Å². The van der Waals surface area contributed by atoms with Crippen molar-refractivity contribution < 1.29 is 9.78 Å². The molecule has 1 fully saturated rings. The first-order valence-corrected chi connectivity index (χ1v) is 15.6. The van der Waals surface area contributed by atoms with Crippen LogP contribution in [0.25, 0.3) is 11.1 Å². The van der Waals surface area contributed by atoms with Gasteiger partial charge in [0.15, 0.2) is 11.2 Å². The second-order valence-corrected chi connectivity index (χ2v) is 13.2. The highest BCUT2D eigenvalue weighted by Crippen LogP contribution is 2.72. The second kappa shape index (κ2) is 8.57. The molecule has 0 saturated carbocycles. The first-order valence-electron chi connectivity index (χ1n) is 15.6. The van der Waals surface area contributed by atoms with E-state index >= 15 is 0 Å². The quantitative estimate of drug-likeness (QED) is 0.197. The Labute approximate surface area is 259 Å². The summed E-state index contributed by atoms with van der Waals surface area (Å²) in [6, 6.07) is 35.7. The molecule has 2 aliphatic heterocycles. The van der Waals surface area contributed by atoms with Crippen molar-refractivity contribution >= 4 is 11.1 Å². The summed E-state index contributed by atoms with van der Waals surface area (Å²) in [5.74, 6) is 0. The van der Waals surface area contributed by atoms with E-state index in [0.717, 1.165) is 11.1 Å². The van der Waals surface area contributed by atoms with Crippen LogP contribution in [0.3, 0.4) is 0 Å². The summed E-state index contributed by atoms with van der Waals surface area (Å²) in [5, 5.41) is 0. The lowest BCUT2D eigenvalue weighted by Gasteiger charge is -2.53. The van der Waals surface area contributed by atoms with Crippen LogP contribution in [0, 0.1) is 41.5 Å². The molecule has 2 bridgehead atoms. The van der Waals surface area contributed by atoms with Crippen LogP contribution in [0.4, 0.5) is 0 Å². The first kappa shape index (κ1) is 25.9. The first-order chi connectivity index (χ1) is 21.3. The third-order valence-electron chi connectivity index (χ3n) is 10.4. The molecule has 10 rings (SSSR count). The lowest BCUT2D eigenvalue weighted by Crippen LogP contribution is -2.53. The maximum absolute atomic E-state index is 6.93. The van der Waals surface area contributed by atoms with E-state index in [2.05, 4.69) is 139 Å². The molecule has 2 heteroatoms. The van der Waals surface area contributed by atoms with Crippen molar-refractivity contribution in [2.75, 3.05) is 0 Å². The highest BCUT2D eigenvalue weighted by atomic mass is 17.2. The third kappa shape index (κ3) is 2.89. The van der Waals surface area contributed by atoms with Crippen LogP contribution in [0.1, 0.15) is 77.9 Å². The van der Waals surface area contributed by atoms with Crippen molar-refractivity contribution in [3.63, 3.8) is 0 Å². The standard InChI is InChI=1S/C42H34O2/c1-23-19-25(3)35(26(4)20-23)37-29-13-7-9-15-31(29)41-33-17-11-12-18-34(33)42(44-43-41)32-16-10-8-14-30(32)38(40(42)39(37)41)36-27(5)21-24(2)22-28(36)6/h7-22H,1-6H3. The Bertz CT molecular complexity index is 1990. The predicted octanol–water partition coefficient (Wildman–Crippen LogP) is 9.63. The van der Waals surface area contributed by atoms with Gasteiger partial charge in [-0.1, -0.05) is 108 Å². The van der Waals surface area contributed by atoms with E-state index in [1.54, 1.807) is 0 Å². The van der Waals surface area contributed by atoms with Crippen LogP contribution in [0.15, 0.2) is 108 Å². The molecule has 214 valence electrons. The minimum Gasteiger partial charge on any atom is -0.214 e. The molecule has 0 radical (unpaired) electrons. The molecule has 3 aliphatic carbocycles. The number of fused-ring (bicyclic) bond motifs is 3. The lowest BCUT2D eigenvalue weighted by molar-refractivity contribution is -0.411. The van der Waals surface area contributed by atoms with E-state index in [4.69, 9.17) is 9.78 Å². The predicted molar refractivity (Wildman–Crippen MR) is 176 cm³/mol. The van der Waals surface area contributed by atoms with Gasteiger partial charge in [0.1, 0.15) is 0 Å². The molecule has 5 aromatic rings. The van der Waals surface area contributed by atoms with Gasteiger partial charge in [-0.05, 0) is 97.2 Å². The maximum atomic E-state index is 6.93. The van der Waals surface area contributed by atoms with Crippen LogP contribution in [-0.2, 0) is 21.0 Å². The molecular formula is C42H34O2. The van der Waals surface area contributed by atoms with Crippen molar-refractivity contribution in [2.45, 2.75) is 52.7 Å². The number of aryl methyl sites for hydroxylation is 6. The minimum absolute atomic E-state index is 0.886. The molecule has 44 heavy (non-hydrogen) atoms. The Morgan fingerprint density at radius 1 is 0.409 bits per heavy atom. The topological polar surface area (TPSA) is 18.5 Å². The zero-order valence-electron chi connectivity index (χ0n) is 26.1. The number of benzene rings is 5. The van der Waals surface area contributed by atoms with Crippen molar-refractivity contribution in [2.24, 2.45) is 0 Å². The zero-order chi connectivity index (χ0) is 30.1. The fourth-order valence-corrected chi connectivity index (χ4v) is 9.22. The van der Waals surface area contributed by atoms with E-state index in [9.17, 15) is 0 Å². The Balaban J connectivity index is 1.57. The van der Waals surface area contributed by atoms with Gasteiger partial charge >= 0.3 is 0 Å². The van der Waals surface area contributed by atoms with Gasteiger partial charge in [-0.2, -0.15) is 0 Å². The van der Waals surface area contributed by atoms with E-state index < -0.39 is 11.2 Å². The van der Waals surface area contributed by atoms with Gasteiger partial charge in [-0.25, -0.2) is 9.78 Å². The highest BCUT2D eigenvalue weighted by molar-refractivity contribution is 6.05. The molecule has 0 amide bonds. The van der Waals surface area contributed by atoms with E-state index in [0.29, 0.717) is 0 Å². The molecule has 5 aromatic carbocycles. The van der Waals surface area contributed by atoms with Crippen LogP contribution < -0.4 is 0 Å². The van der Waals surface area contributed by atoms with Gasteiger partial charge in [-0.15, -0.1) is 0 Å². The summed E-state index contributed by atoms with van der Waals surface area (Å²) in [6.45, 7) is 13.4. The number of hydrogen-bond acceptors (Lipinski definition) is 2. The summed E-state index contributed by atoms with van der Waals surface area (Å²) in [4.78, 5) is 13.9. The number of rotatable bonds is 2. The third-order valence-corrected chi connectivity index (χ3v) is 10.4. The Kier molecular flexibility index (Phi) is 5.05. The second-order valence-electron chi connectivity index (χ2n) is 13.2. The van der Waals surface area contributed by atoms with E-state index in [1.165, 1.54) is 89.1 Å². The Hall–Kier alpha value is -4.50. The average molecular weight is 571 g/mol. The van der Waals surface area contributed by atoms with Gasteiger partial charge < -0.3 is 0 Å². The molecule has 1 saturated heterocycles. The van der Waals surface area contributed by atoms with Gasteiger partial charge in [-0.3, -0.25) is 0 Å². The molecule has 2 spiro atoms. The monoisotopic (exact) mass is 570 g/mol. The average Bonchev–Trinajstić information content (AvgIpc) is 3.46. The molecule has 0 N–H and O–H groups in total. The number of hydrogen-bond donors (Lipinski definition) is 0. The van der Waals surface area contributed by atoms with Crippen molar-refractivity contribution in [3.8, 4) is 0 Å².